The number of anilines is 2. The number of rotatable bonds is 8. The van der Waals surface area contributed by atoms with Crippen LogP contribution < -0.4 is 10.6 Å². The molecule has 0 bridgehead atoms. The quantitative estimate of drug-likeness (QED) is 0.544. The number of hydrogen-bond acceptors (Lipinski definition) is 5. The summed E-state index contributed by atoms with van der Waals surface area (Å²) in [6.07, 6.45) is 5.86. The Labute approximate surface area is 164 Å². The van der Waals surface area contributed by atoms with Crippen LogP contribution in [-0.4, -0.2) is 34.8 Å². The number of benzene rings is 1. The van der Waals surface area contributed by atoms with Gasteiger partial charge < -0.3 is 15.5 Å². The van der Waals surface area contributed by atoms with Gasteiger partial charge in [-0.1, -0.05) is 0 Å². The molecule has 0 aliphatic carbocycles. The maximum absolute atomic E-state index is 12.4. The highest BCUT2D eigenvalue weighted by atomic mass is 16.2. The first-order valence-corrected chi connectivity index (χ1v) is 8.95. The summed E-state index contributed by atoms with van der Waals surface area (Å²) in [5.74, 6) is -0.643. The molecule has 1 heterocycles. The van der Waals surface area contributed by atoms with E-state index in [1.807, 2.05) is 30.0 Å². The van der Waals surface area contributed by atoms with Gasteiger partial charge in [-0.05, 0) is 55.3 Å². The van der Waals surface area contributed by atoms with Gasteiger partial charge in [-0.2, -0.15) is 5.26 Å². The second-order valence-corrected chi connectivity index (χ2v) is 6.10. The molecule has 0 radical (unpaired) electrons. The second kappa shape index (κ2) is 10.5. The lowest BCUT2D eigenvalue weighted by Crippen LogP contribution is -2.23. The number of aromatic nitrogens is 1. The number of nitrogens with one attached hydrogen (secondary N) is 2. The maximum atomic E-state index is 12.4. The molecule has 0 saturated heterocycles. The number of carbonyl (C=O) groups is 2. The molecule has 0 atom stereocenters. The average Bonchev–Trinajstić information content (AvgIpc) is 2.70. The lowest BCUT2D eigenvalue weighted by atomic mass is 10.2. The summed E-state index contributed by atoms with van der Waals surface area (Å²) < 4.78 is 0. The monoisotopic (exact) mass is 377 g/mol. The molecule has 2 rings (SSSR count). The lowest BCUT2D eigenvalue weighted by molar-refractivity contribution is -0.114. The van der Waals surface area contributed by atoms with Crippen LogP contribution in [0.5, 0.6) is 0 Å². The molecule has 2 amide bonds. The zero-order valence-electron chi connectivity index (χ0n) is 16.0. The van der Waals surface area contributed by atoms with E-state index in [9.17, 15) is 14.9 Å². The maximum Gasteiger partial charge on any atom is 0.267 e. The van der Waals surface area contributed by atoms with Crippen LogP contribution in [0.25, 0.3) is 0 Å². The van der Waals surface area contributed by atoms with Crippen molar-refractivity contribution in [2.75, 3.05) is 23.7 Å². The Morgan fingerprint density at radius 2 is 1.71 bits per heavy atom. The Morgan fingerprint density at radius 3 is 2.25 bits per heavy atom. The molecule has 0 aliphatic rings. The first-order valence-electron chi connectivity index (χ1n) is 8.95. The molecule has 0 unspecified atom stereocenters. The van der Waals surface area contributed by atoms with Crippen molar-refractivity contribution in [3.05, 3.63) is 66.1 Å². The highest BCUT2D eigenvalue weighted by molar-refractivity contribution is 6.06. The third-order valence-electron chi connectivity index (χ3n) is 3.98. The van der Waals surface area contributed by atoms with E-state index >= 15 is 0 Å². The van der Waals surface area contributed by atoms with Crippen molar-refractivity contribution >= 4 is 23.2 Å². The topological polar surface area (TPSA) is 98.1 Å². The summed E-state index contributed by atoms with van der Waals surface area (Å²) in [7, 11) is 0. The number of nitriles is 1. The number of nitrogens with zero attached hydrogens (tertiary/aromatic N) is 3. The number of amides is 2. The summed E-state index contributed by atoms with van der Waals surface area (Å²) in [5, 5.41) is 14.7. The predicted octanol–water partition coefficient (Wildman–Crippen LogP) is 2.95. The molecule has 0 aliphatic heterocycles. The molecule has 7 heteroatoms. The Hall–Kier alpha value is -3.66. The fourth-order valence-corrected chi connectivity index (χ4v) is 2.50. The van der Waals surface area contributed by atoms with Gasteiger partial charge in [0.15, 0.2) is 0 Å². The van der Waals surface area contributed by atoms with Crippen LogP contribution in [-0.2, 0) is 16.0 Å². The molecule has 2 aromatic rings. The van der Waals surface area contributed by atoms with Gasteiger partial charge in [0.05, 0.1) is 0 Å². The van der Waals surface area contributed by atoms with Gasteiger partial charge in [-0.15, -0.1) is 0 Å². The molecule has 0 fully saturated rings. The van der Waals surface area contributed by atoms with Crippen molar-refractivity contribution < 1.29 is 9.59 Å². The zero-order chi connectivity index (χ0) is 20.4. The van der Waals surface area contributed by atoms with Crippen LogP contribution in [0, 0.1) is 11.3 Å². The summed E-state index contributed by atoms with van der Waals surface area (Å²) in [5.41, 5.74) is 2.35. The van der Waals surface area contributed by atoms with Gasteiger partial charge in [0.1, 0.15) is 11.6 Å². The summed E-state index contributed by atoms with van der Waals surface area (Å²) in [4.78, 5) is 29.4. The second-order valence-electron chi connectivity index (χ2n) is 6.10. The van der Waals surface area contributed by atoms with Crippen molar-refractivity contribution in [2.45, 2.75) is 20.3 Å². The van der Waals surface area contributed by atoms with Gasteiger partial charge in [0, 0.05) is 50.0 Å². The lowest BCUT2D eigenvalue weighted by Gasteiger charge is -2.18. The highest BCUT2D eigenvalue weighted by Gasteiger charge is 2.11. The molecule has 28 heavy (non-hydrogen) atoms. The molecule has 7 nitrogen and oxygen atoms in total. The van der Waals surface area contributed by atoms with Crippen LogP contribution in [0.2, 0.25) is 0 Å². The van der Waals surface area contributed by atoms with Gasteiger partial charge >= 0.3 is 0 Å². The first-order chi connectivity index (χ1) is 13.5. The van der Waals surface area contributed by atoms with E-state index in [-0.39, 0.29) is 11.5 Å². The Kier molecular flexibility index (Phi) is 7.73. The first kappa shape index (κ1) is 20.6. The highest BCUT2D eigenvalue weighted by Crippen LogP contribution is 2.14. The van der Waals surface area contributed by atoms with Crippen molar-refractivity contribution in [1.82, 2.24) is 9.88 Å². The summed E-state index contributed by atoms with van der Waals surface area (Å²) in [6, 6.07) is 12.5. The normalized spacial score (nSPS) is 10.7. The minimum atomic E-state index is -0.475. The van der Waals surface area contributed by atoms with Gasteiger partial charge in [0.25, 0.3) is 5.91 Å². The predicted molar refractivity (Wildman–Crippen MR) is 108 cm³/mol. The van der Waals surface area contributed by atoms with E-state index in [0.717, 1.165) is 12.0 Å². The zero-order valence-corrected chi connectivity index (χ0v) is 16.0. The summed E-state index contributed by atoms with van der Waals surface area (Å²) in [6.45, 7) is 4.75. The van der Waals surface area contributed by atoms with Crippen molar-refractivity contribution in [1.29, 1.82) is 5.26 Å². The Bertz CT molecular complexity index is 870. The number of carbonyl (C=O) groups excluding carboxylic acids is 2. The molecule has 1 aromatic carbocycles. The molecule has 0 saturated carbocycles. The van der Waals surface area contributed by atoms with Gasteiger partial charge in [-0.3, -0.25) is 14.6 Å². The largest absolute Gasteiger partial charge is 0.376 e. The van der Waals surface area contributed by atoms with Crippen molar-refractivity contribution in [2.24, 2.45) is 0 Å². The van der Waals surface area contributed by atoms with E-state index < -0.39 is 5.91 Å². The van der Waals surface area contributed by atoms with Crippen molar-refractivity contribution in [3.63, 3.8) is 0 Å². The number of pyridine rings is 1. The molecule has 1 aromatic heterocycles. The Morgan fingerprint density at radius 1 is 1.11 bits per heavy atom. The third-order valence-corrected chi connectivity index (χ3v) is 3.98. The standard InChI is InChI=1S/C21H23N5O2/c1-3-26(13-10-17-8-11-23-12-9-17)15-18(14-22)21(28)25-20-6-4-19(5-7-20)24-16(2)27/h4-9,11-12,15H,3,10,13H2,1-2H3,(H,24,27)(H,25,28)/b18-15-. The molecular weight excluding hydrogens is 354 g/mol. The van der Waals surface area contributed by atoms with E-state index in [4.69, 9.17) is 0 Å². The molecule has 144 valence electrons. The van der Waals surface area contributed by atoms with Crippen LogP contribution in [0.15, 0.2) is 60.6 Å². The minimum absolute atomic E-state index is 0.0301. The Balaban J connectivity index is 2.00. The smallest absolute Gasteiger partial charge is 0.267 e. The fourth-order valence-electron chi connectivity index (χ4n) is 2.50. The molecule has 2 N–H and O–H groups in total. The van der Waals surface area contributed by atoms with E-state index in [2.05, 4.69) is 15.6 Å². The van der Waals surface area contributed by atoms with Gasteiger partial charge in [0.2, 0.25) is 5.91 Å². The van der Waals surface area contributed by atoms with E-state index in [1.54, 1.807) is 42.9 Å². The van der Waals surface area contributed by atoms with Crippen LogP contribution >= 0.6 is 0 Å². The van der Waals surface area contributed by atoms with Crippen LogP contribution in [0.3, 0.4) is 0 Å². The van der Waals surface area contributed by atoms with Crippen LogP contribution in [0.4, 0.5) is 11.4 Å². The van der Waals surface area contributed by atoms with E-state index in [0.29, 0.717) is 24.5 Å². The number of hydrogen-bond donors (Lipinski definition) is 2. The van der Waals surface area contributed by atoms with Crippen molar-refractivity contribution in [3.8, 4) is 6.07 Å². The SMILES string of the molecule is CCN(/C=C(/C#N)C(=O)Nc1ccc(NC(C)=O)cc1)CCc1ccncc1. The fraction of sp³-hybridized carbons (Fsp3) is 0.238. The van der Waals surface area contributed by atoms with Gasteiger partial charge in [-0.25, -0.2) is 0 Å². The molecular formula is C21H23N5O2. The van der Waals surface area contributed by atoms with E-state index in [1.165, 1.54) is 6.92 Å². The third kappa shape index (κ3) is 6.57. The van der Waals surface area contributed by atoms with Crippen LogP contribution in [0.1, 0.15) is 19.4 Å². The summed E-state index contributed by atoms with van der Waals surface area (Å²) >= 11 is 0. The minimum Gasteiger partial charge on any atom is -0.376 e. The average molecular weight is 377 g/mol. The molecule has 0 spiro atoms. The number of likely N-dealkylation sites (N-methyl/N-ethyl adjacent to an activating group) is 1.